The Balaban J connectivity index is 2.13. The fourth-order valence-electron chi connectivity index (χ4n) is 1.94. The van der Waals surface area contributed by atoms with E-state index < -0.39 is 0 Å². The summed E-state index contributed by atoms with van der Waals surface area (Å²) < 4.78 is 1.82. The zero-order chi connectivity index (χ0) is 13.1. The van der Waals surface area contributed by atoms with Crippen molar-refractivity contribution in [3.05, 3.63) is 48.6 Å². The highest BCUT2D eigenvalue weighted by Gasteiger charge is 2.06. The maximum Gasteiger partial charge on any atom is 0.196 e. The van der Waals surface area contributed by atoms with Crippen LogP contribution < -0.4 is 0 Å². The van der Waals surface area contributed by atoms with E-state index >= 15 is 0 Å². The van der Waals surface area contributed by atoms with Gasteiger partial charge in [0.05, 0.1) is 11.9 Å². The number of aromatic nitrogens is 3. The lowest BCUT2D eigenvalue weighted by Gasteiger charge is -1.99. The number of allylic oxidation sites excluding steroid dienone is 4. The molecule has 92 valence electrons. The topological polar surface area (TPSA) is 42.5 Å². The molecule has 0 aliphatic heterocycles. The average molecular weight is 248 g/mol. The van der Waals surface area contributed by atoms with Crippen molar-refractivity contribution < 1.29 is 0 Å². The van der Waals surface area contributed by atoms with E-state index in [-0.39, 0.29) is 0 Å². The summed E-state index contributed by atoms with van der Waals surface area (Å²) in [6, 6.07) is 0. The minimum atomic E-state index is 0.579. The molecule has 0 saturated heterocycles. The van der Waals surface area contributed by atoms with Crippen LogP contribution in [0.4, 0.5) is 5.82 Å². The summed E-state index contributed by atoms with van der Waals surface area (Å²) in [7, 11) is 0. The molecule has 0 fully saturated rings. The lowest BCUT2D eigenvalue weighted by molar-refractivity contribution is 1.06. The number of aliphatic imine (C=N–C) groups is 1. The predicted molar refractivity (Wildman–Crippen MR) is 75.5 cm³/mol. The van der Waals surface area contributed by atoms with Gasteiger partial charge >= 0.3 is 0 Å². The van der Waals surface area contributed by atoms with Gasteiger partial charge in [0.25, 0.3) is 0 Å². The fourth-order valence-corrected chi connectivity index (χ4v) is 1.94. The molecule has 1 aliphatic carbocycles. The summed E-state index contributed by atoms with van der Waals surface area (Å²) in [4.78, 5) is 13.1. The number of hydrogen-bond donors (Lipinski definition) is 0. The van der Waals surface area contributed by atoms with Crippen molar-refractivity contribution in [3.63, 3.8) is 0 Å². The van der Waals surface area contributed by atoms with Gasteiger partial charge in [-0.15, -0.1) is 6.42 Å². The van der Waals surface area contributed by atoms with Crippen molar-refractivity contribution in [2.24, 2.45) is 4.99 Å². The second-order valence-electron chi connectivity index (χ2n) is 4.15. The van der Waals surface area contributed by atoms with E-state index in [0.717, 1.165) is 18.6 Å². The van der Waals surface area contributed by atoms with E-state index in [0.29, 0.717) is 17.2 Å². The Labute approximate surface area is 111 Å². The molecule has 0 bridgehead atoms. The lowest BCUT2D eigenvalue weighted by atomic mass is 10.3. The highest BCUT2D eigenvalue weighted by molar-refractivity contribution is 6.05. The summed E-state index contributed by atoms with van der Waals surface area (Å²) in [5, 5.41) is 0. The van der Waals surface area contributed by atoms with Crippen molar-refractivity contribution in [2.45, 2.75) is 12.8 Å². The molecule has 19 heavy (non-hydrogen) atoms. The van der Waals surface area contributed by atoms with Crippen molar-refractivity contribution in [3.8, 4) is 12.3 Å². The van der Waals surface area contributed by atoms with Gasteiger partial charge in [-0.05, 0) is 25.0 Å². The smallest absolute Gasteiger partial charge is 0.196 e. The van der Waals surface area contributed by atoms with Gasteiger partial charge in [-0.3, -0.25) is 4.40 Å². The molecule has 0 spiro atoms. The molecule has 2 heterocycles. The first kappa shape index (κ1) is 11.4. The zero-order valence-corrected chi connectivity index (χ0v) is 10.3. The minimum absolute atomic E-state index is 0.579. The molecule has 3 rings (SSSR count). The Hall–Kier alpha value is -2.67. The monoisotopic (exact) mass is 248 g/mol. The van der Waals surface area contributed by atoms with Crippen LogP contribution >= 0.6 is 0 Å². The SMILES string of the molecule is C#Cc1cnc2c(N=C3C=CCCC=C3)nccn12. The molecule has 2 aromatic heterocycles. The number of nitrogens with zero attached hydrogens (tertiary/aromatic N) is 4. The number of terminal acetylenes is 1. The molecule has 0 atom stereocenters. The highest BCUT2D eigenvalue weighted by Crippen LogP contribution is 2.18. The molecular weight excluding hydrogens is 236 g/mol. The van der Waals surface area contributed by atoms with Crippen molar-refractivity contribution in [1.82, 2.24) is 14.4 Å². The van der Waals surface area contributed by atoms with Crippen LogP contribution in [0.15, 0.2) is 47.9 Å². The third kappa shape index (κ3) is 2.18. The Kier molecular flexibility index (Phi) is 2.95. The van der Waals surface area contributed by atoms with Gasteiger partial charge in [0.15, 0.2) is 11.5 Å². The molecule has 4 heteroatoms. The standard InChI is InChI=1S/C15H12N4/c1-2-13-11-17-15-14(16-9-10-19(13)15)18-12-7-5-3-4-6-8-12/h1,5-11H,3-4H2. The molecule has 0 N–H and O–H groups in total. The van der Waals surface area contributed by atoms with E-state index in [9.17, 15) is 0 Å². The Morgan fingerprint density at radius 1 is 1.21 bits per heavy atom. The maximum absolute atomic E-state index is 5.43. The molecule has 0 radical (unpaired) electrons. The quantitative estimate of drug-likeness (QED) is 0.728. The van der Waals surface area contributed by atoms with Gasteiger partial charge < -0.3 is 0 Å². The molecular formula is C15H12N4. The number of hydrogen-bond acceptors (Lipinski definition) is 3. The van der Waals surface area contributed by atoms with Crippen molar-refractivity contribution in [1.29, 1.82) is 0 Å². The molecule has 4 nitrogen and oxygen atoms in total. The van der Waals surface area contributed by atoms with Crippen LogP contribution in [0.5, 0.6) is 0 Å². The van der Waals surface area contributed by atoms with E-state index in [1.807, 2.05) is 16.6 Å². The van der Waals surface area contributed by atoms with Crippen LogP contribution in [-0.4, -0.2) is 20.1 Å². The highest BCUT2D eigenvalue weighted by atomic mass is 15.1. The zero-order valence-electron chi connectivity index (χ0n) is 10.3. The van der Waals surface area contributed by atoms with Crippen molar-refractivity contribution in [2.75, 3.05) is 0 Å². The molecule has 1 aliphatic rings. The van der Waals surface area contributed by atoms with Crippen LogP contribution in [-0.2, 0) is 0 Å². The van der Waals surface area contributed by atoms with Crippen LogP contribution in [0.3, 0.4) is 0 Å². The summed E-state index contributed by atoms with van der Waals surface area (Å²) >= 11 is 0. The Bertz CT molecular complexity index is 725. The van der Waals surface area contributed by atoms with E-state index in [4.69, 9.17) is 6.42 Å². The average Bonchev–Trinajstić information content (AvgIpc) is 2.69. The van der Waals surface area contributed by atoms with Crippen LogP contribution in [0.1, 0.15) is 18.5 Å². The number of fused-ring (bicyclic) bond motifs is 1. The second-order valence-corrected chi connectivity index (χ2v) is 4.15. The molecule has 0 amide bonds. The normalized spacial score (nSPS) is 14.4. The summed E-state index contributed by atoms with van der Waals surface area (Å²) in [5.74, 6) is 3.17. The van der Waals surface area contributed by atoms with Gasteiger partial charge in [0.2, 0.25) is 0 Å². The largest absolute Gasteiger partial charge is 0.288 e. The first-order valence-corrected chi connectivity index (χ1v) is 6.09. The summed E-state index contributed by atoms with van der Waals surface area (Å²) in [6.45, 7) is 0. The first-order valence-electron chi connectivity index (χ1n) is 6.09. The Morgan fingerprint density at radius 3 is 2.74 bits per heavy atom. The summed E-state index contributed by atoms with van der Waals surface area (Å²) in [6.07, 6.45) is 20.8. The maximum atomic E-state index is 5.43. The second kappa shape index (κ2) is 4.91. The van der Waals surface area contributed by atoms with Crippen LogP contribution in [0.25, 0.3) is 5.65 Å². The lowest BCUT2D eigenvalue weighted by Crippen LogP contribution is -1.92. The molecule has 0 saturated carbocycles. The number of imidazole rings is 1. The van der Waals surface area contributed by atoms with Gasteiger partial charge in [0.1, 0.15) is 5.69 Å². The van der Waals surface area contributed by atoms with Gasteiger partial charge in [0, 0.05) is 12.4 Å². The molecule has 0 aromatic carbocycles. The van der Waals surface area contributed by atoms with Gasteiger partial charge in [-0.2, -0.15) is 0 Å². The van der Waals surface area contributed by atoms with Crippen LogP contribution in [0.2, 0.25) is 0 Å². The van der Waals surface area contributed by atoms with Gasteiger partial charge in [-0.1, -0.05) is 18.1 Å². The summed E-state index contributed by atoms with van der Waals surface area (Å²) in [5.41, 5.74) is 2.25. The molecule has 2 aromatic rings. The Morgan fingerprint density at radius 2 is 2.00 bits per heavy atom. The fraction of sp³-hybridized carbons (Fsp3) is 0.133. The predicted octanol–water partition coefficient (Wildman–Crippen LogP) is 2.69. The third-order valence-electron chi connectivity index (χ3n) is 2.87. The van der Waals surface area contributed by atoms with E-state index in [1.54, 1.807) is 18.6 Å². The van der Waals surface area contributed by atoms with Gasteiger partial charge in [-0.25, -0.2) is 15.0 Å². The third-order valence-corrected chi connectivity index (χ3v) is 2.87. The van der Waals surface area contributed by atoms with E-state index in [2.05, 4.69) is 33.0 Å². The first-order chi connectivity index (χ1) is 9.38. The van der Waals surface area contributed by atoms with E-state index in [1.165, 1.54) is 0 Å². The van der Waals surface area contributed by atoms with Crippen LogP contribution in [0, 0.1) is 12.3 Å². The molecule has 0 unspecified atom stereocenters. The van der Waals surface area contributed by atoms with Crippen molar-refractivity contribution >= 4 is 17.2 Å². The minimum Gasteiger partial charge on any atom is -0.288 e. The number of rotatable bonds is 1.